The Kier molecular flexibility index (Phi) is 5.89. The summed E-state index contributed by atoms with van der Waals surface area (Å²) in [5.41, 5.74) is 0. The molecular formula is C14H26N4. The third-order valence-electron chi connectivity index (χ3n) is 3.32. The molecule has 0 fully saturated rings. The summed E-state index contributed by atoms with van der Waals surface area (Å²) in [6, 6.07) is 2.41. The normalized spacial score (nSPS) is 14.1. The van der Waals surface area contributed by atoms with Crippen LogP contribution >= 0.6 is 0 Å². The first kappa shape index (κ1) is 14.7. The lowest BCUT2D eigenvalue weighted by Crippen LogP contribution is -2.24. The van der Waals surface area contributed by atoms with Gasteiger partial charge in [0.05, 0.1) is 0 Å². The molecule has 2 atom stereocenters. The maximum absolute atomic E-state index is 4.53. The molecule has 2 N–H and O–H groups in total. The van der Waals surface area contributed by atoms with Crippen LogP contribution in [0.25, 0.3) is 0 Å². The summed E-state index contributed by atoms with van der Waals surface area (Å²) in [6.45, 7) is 11.7. The van der Waals surface area contributed by atoms with Gasteiger partial charge in [-0.2, -0.15) is 0 Å². The summed E-state index contributed by atoms with van der Waals surface area (Å²) in [7, 11) is 0. The van der Waals surface area contributed by atoms with E-state index in [2.05, 4.69) is 55.2 Å². The molecule has 0 aliphatic carbocycles. The number of aryl methyl sites for hydroxylation is 1. The largest absolute Gasteiger partial charge is 0.370 e. The van der Waals surface area contributed by atoms with E-state index in [-0.39, 0.29) is 0 Å². The van der Waals surface area contributed by atoms with Crippen molar-refractivity contribution in [2.24, 2.45) is 5.92 Å². The van der Waals surface area contributed by atoms with Gasteiger partial charge in [0.1, 0.15) is 17.5 Å². The first-order valence-electron chi connectivity index (χ1n) is 6.99. The van der Waals surface area contributed by atoms with Gasteiger partial charge in [0.15, 0.2) is 0 Å². The summed E-state index contributed by atoms with van der Waals surface area (Å²) >= 11 is 0. The highest BCUT2D eigenvalue weighted by molar-refractivity contribution is 5.48. The van der Waals surface area contributed by atoms with Crippen molar-refractivity contribution in [2.75, 3.05) is 17.2 Å². The van der Waals surface area contributed by atoms with Gasteiger partial charge >= 0.3 is 0 Å². The van der Waals surface area contributed by atoms with Crippen molar-refractivity contribution in [2.45, 2.75) is 53.5 Å². The topological polar surface area (TPSA) is 49.8 Å². The van der Waals surface area contributed by atoms with Crippen molar-refractivity contribution in [3.8, 4) is 0 Å². The zero-order chi connectivity index (χ0) is 13.5. The van der Waals surface area contributed by atoms with E-state index in [1.807, 2.05) is 6.07 Å². The summed E-state index contributed by atoms with van der Waals surface area (Å²) < 4.78 is 0. The molecule has 0 saturated heterocycles. The van der Waals surface area contributed by atoms with Gasteiger partial charge in [0.2, 0.25) is 0 Å². The standard InChI is InChI=1S/C14H26N4/c1-6-10(4)11(5)16-14-9-13(15-8-3)17-12(7-2)18-14/h9-11H,6-8H2,1-5H3,(H2,15,16,17,18). The van der Waals surface area contributed by atoms with Gasteiger partial charge in [-0.15, -0.1) is 0 Å². The van der Waals surface area contributed by atoms with Crippen molar-refractivity contribution in [3.05, 3.63) is 11.9 Å². The van der Waals surface area contributed by atoms with E-state index in [1.54, 1.807) is 0 Å². The van der Waals surface area contributed by atoms with E-state index in [1.165, 1.54) is 6.42 Å². The maximum atomic E-state index is 4.53. The molecular weight excluding hydrogens is 224 g/mol. The molecule has 18 heavy (non-hydrogen) atoms. The van der Waals surface area contributed by atoms with Gasteiger partial charge in [-0.05, 0) is 19.8 Å². The fourth-order valence-electron chi connectivity index (χ4n) is 1.73. The van der Waals surface area contributed by atoms with Crippen LogP contribution in [0.2, 0.25) is 0 Å². The summed E-state index contributed by atoms with van der Waals surface area (Å²) in [6.07, 6.45) is 2.02. The molecule has 0 aliphatic heterocycles. The van der Waals surface area contributed by atoms with Gasteiger partial charge < -0.3 is 10.6 Å². The third kappa shape index (κ3) is 4.17. The lowest BCUT2D eigenvalue weighted by atomic mass is 10.0. The molecule has 0 spiro atoms. The Labute approximate surface area is 111 Å². The van der Waals surface area contributed by atoms with E-state index < -0.39 is 0 Å². The van der Waals surface area contributed by atoms with Crippen LogP contribution < -0.4 is 10.6 Å². The quantitative estimate of drug-likeness (QED) is 0.779. The second-order valence-corrected chi connectivity index (χ2v) is 4.76. The number of rotatable bonds is 7. The minimum absolute atomic E-state index is 0.420. The molecule has 0 aromatic carbocycles. The molecule has 4 heteroatoms. The van der Waals surface area contributed by atoms with E-state index in [4.69, 9.17) is 0 Å². The molecule has 1 aromatic heterocycles. The fraction of sp³-hybridized carbons (Fsp3) is 0.714. The monoisotopic (exact) mass is 250 g/mol. The highest BCUT2D eigenvalue weighted by atomic mass is 15.1. The van der Waals surface area contributed by atoms with Gasteiger partial charge in [-0.3, -0.25) is 0 Å². The summed E-state index contributed by atoms with van der Waals surface area (Å²) in [4.78, 5) is 8.98. The number of nitrogens with zero attached hydrogens (tertiary/aromatic N) is 2. The molecule has 1 heterocycles. The number of aromatic nitrogens is 2. The maximum Gasteiger partial charge on any atom is 0.132 e. The predicted molar refractivity (Wildman–Crippen MR) is 78.1 cm³/mol. The van der Waals surface area contributed by atoms with Crippen LogP contribution in [0.3, 0.4) is 0 Å². The number of hydrogen-bond acceptors (Lipinski definition) is 4. The second kappa shape index (κ2) is 7.19. The Bertz CT molecular complexity index is 365. The van der Waals surface area contributed by atoms with Crippen molar-refractivity contribution < 1.29 is 0 Å². The molecule has 0 radical (unpaired) electrons. The van der Waals surface area contributed by atoms with E-state index >= 15 is 0 Å². The van der Waals surface area contributed by atoms with E-state index in [0.29, 0.717) is 12.0 Å². The molecule has 0 amide bonds. The average Bonchev–Trinajstić information content (AvgIpc) is 2.37. The van der Waals surface area contributed by atoms with Crippen molar-refractivity contribution in [1.82, 2.24) is 9.97 Å². The van der Waals surface area contributed by atoms with Crippen LogP contribution in [-0.2, 0) is 6.42 Å². The molecule has 2 unspecified atom stereocenters. The fourth-order valence-corrected chi connectivity index (χ4v) is 1.73. The predicted octanol–water partition coefficient (Wildman–Crippen LogP) is 3.32. The zero-order valence-electron chi connectivity index (χ0n) is 12.2. The van der Waals surface area contributed by atoms with Crippen LogP contribution in [0.15, 0.2) is 6.07 Å². The van der Waals surface area contributed by atoms with E-state index in [0.717, 1.165) is 30.4 Å². The second-order valence-electron chi connectivity index (χ2n) is 4.76. The van der Waals surface area contributed by atoms with Crippen LogP contribution in [0.1, 0.15) is 46.9 Å². The molecule has 102 valence electrons. The Morgan fingerprint density at radius 3 is 2.33 bits per heavy atom. The van der Waals surface area contributed by atoms with Gasteiger partial charge in [0.25, 0.3) is 0 Å². The minimum atomic E-state index is 0.420. The first-order valence-corrected chi connectivity index (χ1v) is 6.99. The highest BCUT2D eigenvalue weighted by Gasteiger charge is 2.11. The van der Waals surface area contributed by atoms with Gasteiger partial charge in [-0.25, -0.2) is 9.97 Å². The smallest absolute Gasteiger partial charge is 0.132 e. The Hall–Kier alpha value is -1.32. The lowest BCUT2D eigenvalue weighted by Gasteiger charge is -2.21. The van der Waals surface area contributed by atoms with Gasteiger partial charge in [-0.1, -0.05) is 27.2 Å². The SMILES string of the molecule is CCNc1cc(NC(C)C(C)CC)nc(CC)n1. The van der Waals surface area contributed by atoms with Crippen LogP contribution in [0.4, 0.5) is 11.6 Å². The Morgan fingerprint density at radius 2 is 1.78 bits per heavy atom. The number of anilines is 2. The Morgan fingerprint density at radius 1 is 1.11 bits per heavy atom. The van der Waals surface area contributed by atoms with Crippen LogP contribution in [-0.4, -0.2) is 22.6 Å². The molecule has 0 aliphatic rings. The van der Waals surface area contributed by atoms with E-state index in [9.17, 15) is 0 Å². The summed E-state index contributed by atoms with van der Waals surface area (Å²) in [5.74, 6) is 3.34. The lowest BCUT2D eigenvalue weighted by molar-refractivity contribution is 0.493. The molecule has 4 nitrogen and oxygen atoms in total. The minimum Gasteiger partial charge on any atom is -0.370 e. The zero-order valence-corrected chi connectivity index (χ0v) is 12.2. The summed E-state index contributed by atoms with van der Waals surface area (Å²) in [5, 5.41) is 6.72. The van der Waals surface area contributed by atoms with Crippen molar-refractivity contribution in [1.29, 1.82) is 0 Å². The van der Waals surface area contributed by atoms with Crippen LogP contribution in [0.5, 0.6) is 0 Å². The van der Waals surface area contributed by atoms with Gasteiger partial charge in [0, 0.05) is 25.1 Å². The van der Waals surface area contributed by atoms with Crippen molar-refractivity contribution in [3.63, 3.8) is 0 Å². The molecule has 0 saturated carbocycles. The van der Waals surface area contributed by atoms with Crippen molar-refractivity contribution >= 4 is 11.6 Å². The van der Waals surface area contributed by atoms with Crippen LogP contribution in [0, 0.1) is 5.92 Å². The Balaban J connectivity index is 2.83. The third-order valence-corrected chi connectivity index (χ3v) is 3.32. The first-order chi connectivity index (χ1) is 8.60. The highest BCUT2D eigenvalue weighted by Crippen LogP contribution is 2.16. The number of nitrogens with one attached hydrogen (secondary N) is 2. The molecule has 1 aromatic rings. The number of hydrogen-bond donors (Lipinski definition) is 2. The average molecular weight is 250 g/mol. The molecule has 0 bridgehead atoms. The molecule has 1 rings (SSSR count).